The highest BCUT2D eigenvalue weighted by atomic mass is 16.5. The third-order valence-corrected chi connectivity index (χ3v) is 4.64. The van der Waals surface area contributed by atoms with Gasteiger partial charge in [-0.3, -0.25) is 0 Å². The van der Waals surface area contributed by atoms with E-state index in [0.717, 1.165) is 56.2 Å². The van der Waals surface area contributed by atoms with Gasteiger partial charge in [0.1, 0.15) is 11.6 Å². The topological polar surface area (TPSA) is 47.5 Å². The van der Waals surface area contributed by atoms with Gasteiger partial charge < -0.3 is 14.4 Å². The molecule has 116 valence electrons. The number of nitrogens with zero attached hydrogens (tertiary/aromatic N) is 3. The predicted octanol–water partition coefficient (Wildman–Crippen LogP) is 2.12. The molecule has 0 bridgehead atoms. The Kier molecular flexibility index (Phi) is 4.40. The molecule has 0 radical (unpaired) electrons. The molecule has 21 heavy (non-hydrogen) atoms. The van der Waals surface area contributed by atoms with Gasteiger partial charge in [-0.2, -0.15) is 0 Å². The number of fused-ring (bicyclic) bond motifs is 1. The maximum atomic E-state index is 5.97. The van der Waals surface area contributed by atoms with E-state index in [4.69, 9.17) is 9.47 Å². The fourth-order valence-corrected chi connectivity index (χ4v) is 3.51. The molecule has 3 rings (SSSR count). The molecule has 1 aliphatic heterocycles. The SMILES string of the molecule is CCc1cc(N2CCOC3CCC(OC)CC32)nc(C)n1. The van der Waals surface area contributed by atoms with Crippen molar-refractivity contribution < 1.29 is 9.47 Å². The lowest BCUT2D eigenvalue weighted by Gasteiger charge is -2.46. The number of ether oxygens (including phenoxy) is 2. The molecule has 2 fully saturated rings. The van der Waals surface area contributed by atoms with Gasteiger partial charge in [0.05, 0.1) is 24.9 Å². The van der Waals surface area contributed by atoms with E-state index >= 15 is 0 Å². The number of hydrogen-bond donors (Lipinski definition) is 0. The minimum Gasteiger partial charge on any atom is -0.381 e. The summed E-state index contributed by atoms with van der Waals surface area (Å²) >= 11 is 0. The van der Waals surface area contributed by atoms with Gasteiger partial charge in [0.25, 0.3) is 0 Å². The fourth-order valence-electron chi connectivity index (χ4n) is 3.51. The lowest BCUT2D eigenvalue weighted by Crippen LogP contribution is -2.55. The number of hydrogen-bond acceptors (Lipinski definition) is 5. The van der Waals surface area contributed by atoms with Crippen molar-refractivity contribution >= 4 is 5.82 Å². The summed E-state index contributed by atoms with van der Waals surface area (Å²) in [6.07, 6.45) is 4.77. The van der Waals surface area contributed by atoms with Crippen LogP contribution >= 0.6 is 0 Å². The monoisotopic (exact) mass is 291 g/mol. The molecule has 1 aliphatic carbocycles. The van der Waals surface area contributed by atoms with Crippen molar-refractivity contribution in [3.8, 4) is 0 Å². The fraction of sp³-hybridized carbons (Fsp3) is 0.750. The van der Waals surface area contributed by atoms with Crippen LogP contribution in [0, 0.1) is 6.92 Å². The van der Waals surface area contributed by atoms with E-state index in [1.165, 1.54) is 0 Å². The average Bonchev–Trinajstić information content (AvgIpc) is 2.53. The summed E-state index contributed by atoms with van der Waals surface area (Å²) in [4.78, 5) is 11.6. The van der Waals surface area contributed by atoms with E-state index in [0.29, 0.717) is 18.2 Å². The van der Waals surface area contributed by atoms with E-state index < -0.39 is 0 Å². The second-order valence-electron chi connectivity index (χ2n) is 5.96. The number of aryl methyl sites for hydroxylation is 2. The van der Waals surface area contributed by atoms with E-state index in [1.807, 2.05) is 14.0 Å². The normalized spacial score (nSPS) is 29.3. The van der Waals surface area contributed by atoms with Crippen LogP contribution in [0.25, 0.3) is 0 Å². The molecule has 5 heteroatoms. The Morgan fingerprint density at radius 2 is 2.24 bits per heavy atom. The maximum Gasteiger partial charge on any atom is 0.132 e. The first-order valence-electron chi connectivity index (χ1n) is 7.97. The molecule has 1 saturated heterocycles. The Morgan fingerprint density at radius 1 is 1.38 bits per heavy atom. The molecule has 0 N–H and O–H groups in total. The zero-order chi connectivity index (χ0) is 14.8. The molecule has 0 spiro atoms. The van der Waals surface area contributed by atoms with Crippen molar-refractivity contribution in [1.82, 2.24) is 9.97 Å². The summed E-state index contributed by atoms with van der Waals surface area (Å²) in [5, 5.41) is 0. The first-order chi connectivity index (χ1) is 10.2. The van der Waals surface area contributed by atoms with Gasteiger partial charge in [-0.25, -0.2) is 9.97 Å². The van der Waals surface area contributed by atoms with Gasteiger partial charge in [0.2, 0.25) is 0 Å². The second kappa shape index (κ2) is 6.28. The minimum absolute atomic E-state index is 0.311. The third kappa shape index (κ3) is 3.04. The zero-order valence-corrected chi connectivity index (χ0v) is 13.2. The van der Waals surface area contributed by atoms with Gasteiger partial charge in [-0.15, -0.1) is 0 Å². The predicted molar refractivity (Wildman–Crippen MR) is 81.7 cm³/mol. The van der Waals surface area contributed by atoms with Crippen LogP contribution in [0.5, 0.6) is 0 Å². The molecule has 1 saturated carbocycles. The van der Waals surface area contributed by atoms with E-state index in [-0.39, 0.29) is 0 Å². The van der Waals surface area contributed by atoms with Crippen LogP contribution in [-0.2, 0) is 15.9 Å². The summed E-state index contributed by atoms with van der Waals surface area (Å²) in [7, 11) is 1.81. The molecule has 0 amide bonds. The number of aromatic nitrogens is 2. The van der Waals surface area contributed by atoms with Crippen molar-refractivity contribution in [2.75, 3.05) is 25.2 Å². The van der Waals surface area contributed by atoms with Gasteiger partial charge >= 0.3 is 0 Å². The first-order valence-corrected chi connectivity index (χ1v) is 7.97. The molecule has 0 aromatic carbocycles. The highest BCUT2D eigenvalue weighted by Crippen LogP contribution is 2.32. The van der Waals surface area contributed by atoms with Crippen LogP contribution in [0.1, 0.15) is 37.7 Å². The van der Waals surface area contributed by atoms with Gasteiger partial charge in [-0.05, 0) is 32.6 Å². The smallest absolute Gasteiger partial charge is 0.132 e. The lowest BCUT2D eigenvalue weighted by molar-refractivity contribution is -0.0473. The Morgan fingerprint density at radius 3 is 3.00 bits per heavy atom. The van der Waals surface area contributed by atoms with Crippen molar-refractivity contribution in [3.05, 3.63) is 17.6 Å². The van der Waals surface area contributed by atoms with Crippen molar-refractivity contribution in [3.63, 3.8) is 0 Å². The van der Waals surface area contributed by atoms with Gasteiger partial charge in [0, 0.05) is 25.4 Å². The largest absolute Gasteiger partial charge is 0.381 e. The highest BCUT2D eigenvalue weighted by molar-refractivity contribution is 5.42. The molecule has 1 aromatic rings. The van der Waals surface area contributed by atoms with E-state index in [9.17, 15) is 0 Å². The zero-order valence-electron chi connectivity index (χ0n) is 13.2. The van der Waals surface area contributed by atoms with Crippen molar-refractivity contribution in [1.29, 1.82) is 0 Å². The molecule has 2 heterocycles. The standard InChI is InChI=1S/C16H25N3O2/c1-4-12-9-16(18-11(2)17-12)19-7-8-21-15-6-5-13(20-3)10-14(15)19/h9,13-15H,4-8,10H2,1-3H3. The highest BCUT2D eigenvalue weighted by Gasteiger charge is 2.38. The summed E-state index contributed by atoms with van der Waals surface area (Å²) in [5.41, 5.74) is 1.11. The Hall–Kier alpha value is -1.20. The quantitative estimate of drug-likeness (QED) is 0.853. The van der Waals surface area contributed by atoms with E-state index in [2.05, 4.69) is 27.9 Å². The van der Waals surface area contributed by atoms with Crippen LogP contribution in [0.4, 0.5) is 5.82 Å². The molecule has 3 atom stereocenters. The average molecular weight is 291 g/mol. The maximum absolute atomic E-state index is 5.97. The number of methoxy groups -OCH3 is 1. The van der Waals surface area contributed by atoms with Crippen LogP contribution in [0.15, 0.2) is 6.07 Å². The molecule has 5 nitrogen and oxygen atoms in total. The molecule has 3 unspecified atom stereocenters. The Labute approximate surface area is 126 Å². The van der Waals surface area contributed by atoms with Crippen molar-refractivity contribution in [2.24, 2.45) is 0 Å². The summed E-state index contributed by atoms with van der Waals surface area (Å²) in [6.45, 7) is 5.79. The van der Waals surface area contributed by atoms with Crippen LogP contribution in [0.3, 0.4) is 0 Å². The molecular formula is C16H25N3O2. The van der Waals surface area contributed by atoms with Gasteiger partial charge in [-0.1, -0.05) is 6.92 Å². The third-order valence-electron chi connectivity index (χ3n) is 4.64. The summed E-state index contributed by atoms with van der Waals surface area (Å²) < 4.78 is 11.6. The van der Waals surface area contributed by atoms with Crippen LogP contribution in [0.2, 0.25) is 0 Å². The summed E-state index contributed by atoms with van der Waals surface area (Å²) in [6, 6.07) is 2.50. The van der Waals surface area contributed by atoms with E-state index in [1.54, 1.807) is 0 Å². The Bertz CT molecular complexity index is 494. The Balaban J connectivity index is 1.87. The summed E-state index contributed by atoms with van der Waals surface area (Å²) in [5.74, 6) is 1.90. The molecule has 1 aromatic heterocycles. The first kappa shape index (κ1) is 14.7. The number of morpholine rings is 1. The molecular weight excluding hydrogens is 266 g/mol. The lowest BCUT2D eigenvalue weighted by atomic mass is 9.88. The van der Waals surface area contributed by atoms with Gasteiger partial charge in [0.15, 0.2) is 0 Å². The van der Waals surface area contributed by atoms with Crippen LogP contribution < -0.4 is 4.90 Å². The second-order valence-corrected chi connectivity index (χ2v) is 5.96. The number of rotatable bonds is 3. The number of anilines is 1. The minimum atomic E-state index is 0.311. The molecule has 2 aliphatic rings. The van der Waals surface area contributed by atoms with Crippen LogP contribution in [-0.4, -0.2) is 48.5 Å². The van der Waals surface area contributed by atoms with Crippen molar-refractivity contribution in [2.45, 2.75) is 57.8 Å².